The van der Waals surface area contributed by atoms with Crippen molar-refractivity contribution in [3.63, 3.8) is 0 Å². The smallest absolute Gasteiger partial charge is 0.253 e. The Morgan fingerprint density at radius 2 is 2.00 bits per heavy atom. The molecule has 2 heterocycles. The molecule has 1 aliphatic carbocycles. The van der Waals surface area contributed by atoms with Gasteiger partial charge in [0.15, 0.2) is 0 Å². The van der Waals surface area contributed by atoms with Crippen molar-refractivity contribution >= 4 is 21.8 Å². The molecule has 5 heteroatoms. The number of carbonyl (C=O) groups excluding carboxylic acids is 1. The lowest BCUT2D eigenvalue weighted by molar-refractivity contribution is 0.0908. The number of aromatic nitrogens is 1. The highest BCUT2D eigenvalue weighted by molar-refractivity contribution is 9.10. The fourth-order valence-corrected chi connectivity index (χ4v) is 2.86. The Bertz CT molecular complexity index is 450. The summed E-state index contributed by atoms with van der Waals surface area (Å²) in [7, 11) is 0. The molecule has 1 aromatic rings. The maximum atomic E-state index is 12.1. The molecule has 1 N–H and O–H groups in total. The molecule has 19 heavy (non-hydrogen) atoms. The molecule has 1 aromatic heterocycles. The minimum absolute atomic E-state index is 0.00938. The van der Waals surface area contributed by atoms with Crippen LogP contribution in [0, 0.1) is 0 Å². The van der Waals surface area contributed by atoms with E-state index in [0.29, 0.717) is 11.6 Å². The van der Waals surface area contributed by atoms with Gasteiger partial charge in [-0.3, -0.25) is 4.79 Å². The molecule has 1 aliphatic heterocycles. The Kier molecular flexibility index (Phi) is 3.84. The predicted octanol–water partition coefficient (Wildman–Crippen LogP) is 2.20. The van der Waals surface area contributed by atoms with Crippen molar-refractivity contribution in [2.24, 2.45) is 0 Å². The van der Waals surface area contributed by atoms with Gasteiger partial charge in [0.25, 0.3) is 5.91 Å². The van der Waals surface area contributed by atoms with E-state index in [-0.39, 0.29) is 5.91 Å². The summed E-state index contributed by atoms with van der Waals surface area (Å²) in [5.41, 5.74) is 0.632. The number of nitrogens with zero attached hydrogens (tertiary/aromatic N) is 2. The highest BCUT2D eigenvalue weighted by Crippen LogP contribution is 2.29. The van der Waals surface area contributed by atoms with Crippen molar-refractivity contribution in [2.45, 2.75) is 37.8 Å². The summed E-state index contributed by atoms with van der Waals surface area (Å²) in [6.45, 7) is 2.24. The number of hydrogen-bond acceptors (Lipinski definition) is 3. The van der Waals surface area contributed by atoms with Crippen LogP contribution in [-0.4, -0.2) is 41.0 Å². The van der Waals surface area contributed by atoms with Gasteiger partial charge < -0.3 is 10.2 Å². The molecule has 2 fully saturated rings. The summed E-state index contributed by atoms with van der Waals surface area (Å²) in [4.78, 5) is 18.7. The molecule has 0 atom stereocenters. The van der Waals surface area contributed by atoms with Crippen molar-refractivity contribution in [2.75, 3.05) is 13.1 Å². The third-order valence-corrected chi connectivity index (χ3v) is 4.39. The fourth-order valence-electron chi connectivity index (χ4n) is 2.63. The highest BCUT2D eigenvalue weighted by Gasteiger charge is 2.32. The average Bonchev–Trinajstić information content (AvgIpc) is 3.25. The van der Waals surface area contributed by atoms with Crippen LogP contribution in [0.2, 0.25) is 0 Å². The normalized spacial score (nSPS) is 21.3. The van der Waals surface area contributed by atoms with E-state index < -0.39 is 0 Å². The van der Waals surface area contributed by atoms with Gasteiger partial charge in [-0.1, -0.05) is 0 Å². The number of amides is 1. The molecule has 3 rings (SSSR count). The largest absolute Gasteiger partial charge is 0.349 e. The number of hydrogen-bond donors (Lipinski definition) is 1. The maximum absolute atomic E-state index is 12.1. The van der Waals surface area contributed by atoms with Crippen molar-refractivity contribution in [3.8, 4) is 0 Å². The first-order valence-corrected chi connectivity index (χ1v) is 7.68. The van der Waals surface area contributed by atoms with Crippen LogP contribution in [0.5, 0.6) is 0 Å². The summed E-state index contributed by atoms with van der Waals surface area (Å²) in [5, 5.41) is 3.11. The van der Waals surface area contributed by atoms with Gasteiger partial charge >= 0.3 is 0 Å². The van der Waals surface area contributed by atoms with Gasteiger partial charge in [-0.05, 0) is 53.7 Å². The van der Waals surface area contributed by atoms with Gasteiger partial charge in [-0.25, -0.2) is 4.98 Å². The van der Waals surface area contributed by atoms with Gasteiger partial charge in [0.1, 0.15) is 4.60 Å². The Balaban J connectivity index is 1.51. The van der Waals surface area contributed by atoms with Crippen LogP contribution in [0.3, 0.4) is 0 Å². The van der Waals surface area contributed by atoms with Crippen molar-refractivity contribution in [3.05, 3.63) is 28.5 Å². The molecule has 102 valence electrons. The first kappa shape index (κ1) is 13.1. The first-order chi connectivity index (χ1) is 9.22. The molecular weight excluding hydrogens is 306 g/mol. The SMILES string of the molecule is O=C(NC1CCN(C2CC2)CC1)c1ccc(Br)nc1. The molecular formula is C14H18BrN3O. The number of pyridine rings is 1. The van der Waals surface area contributed by atoms with Crippen LogP contribution in [0.1, 0.15) is 36.0 Å². The second kappa shape index (κ2) is 5.59. The van der Waals surface area contributed by atoms with Gasteiger partial charge in [0, 0.05) is 31.4 Å². The monoisotopic (exact) mass is 323 g/mol. The van der Waals surface area contributed by atoms with E-state index in [1.807, 2.05) is 0 Å². The number of halogens is 1. The molecule has 4 nitrogen and oxygen atoms in total. The Labute approximate surface area is 121 Å². The minimum atomic E-state index is -0.00938. The number of rotatable bonds is 3. The molecule has 1 saturated carbocycles. The Morgan fingerprint density at radius 1 is 1.26 bits per heavy atom. The number of piperidine rings is 1. The number of carbonyl (C=O) groups is 1. The standard InChI is InChI=1S/C14H18BrN3O/c15-13-4-1-10(9-16-13)14(19)17-11-5-7-18(8-6-11)12-2-3-12/h1,4,9,11-12H,2-3,5-8H2,(H,17,19). The molecule has 0 bridgehead atoms. The van der Waals surface area contributed by atoms with Crippen molar-refractivity contribution in [1.82, 2.24) is 15.2 Å². The fraction of sp³-hybridized carbons (Fsp3) is 0.571. The van der Waals surface area contributed by atoms with Crippen molar-refractivity contribution < 1.29 is 4.79 Å². The lowest BCUT2D eigenvalue weighted by Gasteiger charge is -2.32. The van der Waals surface area contributed by atoms with Gasteiger partial charge in [-0.2, -0.15) is 0 Å². The molecule has 0 spiro atoms. The van der Waals surface area contributed by atoms with Crippen molar-refractivity contribution in [1.29, 1.82) is 0 Å². The lowest BCUT2D eigenvalue weighted by Crippen LogP contribution is -2.45. The van der Waals surface area contributed by atoms with Crippen LogP contribution in [0.25, 0.3) is 0 Å². The van der Waals surface area contributed by atoms with E-state index in [9.17, 15) is 4.79 Å². The number of likely N-dealkylation sites (tertiary alicyclic amines) is 1. The quantitative estimate of drug-likeness (QED) is 0.867. The predicted molar refractivity (Wildman–Crippen MR) is 77.0 cm³/mol. The zero-order valence-electron chi connectivity index (χ0n) is 10.8. The second-order valence-electron chi connectivity index (χ2n) is 5.38. The minimum Gasteiger partial charge on any atom is -0.349 e. The third-order valence-electron chi connectivity index (χ3n) is 3.92. The topological polar surface area (TPSA) is 45.2 Å². The van der Waals surface area contributed by atoms with Crippen LogP contribution in [-0.2, 0) is 0 Å². The number of nitrogens with one attached hydrogen (secondary N) is 1. The zero-order chi connectivity index (χ0) is 13.2. The van der Waals surface area contributed by atoms with Gasteiger partial charge in [0.05, 0.1) is 5.56 Å². The molecule has 1 saturated heterocycles. The van der Waals surface area contributed by atoms with Gasteiger partial charge in [-0.15, -0.1) is 0 Å². The molecule has 1 amide bonds. The molecule has 0 unspecified atom stereocenters. The van der Waals surface area contributed by atoms with E-state index in [1.54, 1.807) is 18.3 Å². The Morgan fingerprint density at radius 3 is 2.58 bits per heavy atom. The highest BCUT2D eigenvalue weighted by atomic mass is 79.9. The van der Waals surface area contributed by atoms with Gasteiger partial charge in [0.2, 0.25) is 0 Å². The summed E-state index contributed by atoms with van der Waals surface area (Å²) in [6.07, 6.45) is 6.46. The lowest BCUT2D eigenvalue weighted by atomic mass is 10.0. The average molecular weight is 324 g/mol. The second-order valence-corrected chi connectivity index (χ2v) is 6.20. The van der Waals surface area contributed by atoms with Crippen LogP contribution in [0.4, 0.5) is 0 Å². The molecule has 0 aromatic carbocycles. The molecule has 2 aliphatic rings. The molecule has 0 radical (unpaired) electrons. The first-order valence-electron chi connectivity index (χ1n) is 6.89. The summed E-state index contributed by atoms with van der Waals surface area (Å²) >= 11 is 3.27. The Hall–Kier alpha value is -0.940. The van der Waals surface area contributed by atoms with E-state index >= 15 is 0 Å². The summed E-state index contributed by atoms with van der Waals surface area (Å²) < 4.78 is 0.752. The maximum Gasteiger partial charge on any atom is 0.253 e. The van der Waals surface area contributed by atoms with E-state index in [2.05, 4.69) is 31.1 Å². The van der Waals surface area contributed by atoms with Crippen LogP contribution >= 0.6 is 15.9 Å². The van der Waals surface area contributed by atoms with E-state index in [1.165, 1.54) is 12.8 Å². The third kappa shape index (κ3) is 3.34. The summed E-state index contributed by atoms with van der Waals surface area (Å²) in [6, 6.07) is 4.74. The summed E-state index contributed by atoms with van der Waals surface area (Å²) in [5.74, 6) is -0.00938. The zero-order valence-corrected chi connectivity index (χ0v) is 12.4. The van der Waals surface area contributed by atoms with Crippen LogP contribution < -0.4 is 5.32 Å². The van der Waals surface area contributed by atoms with Crippen LogP contribution in [0.15, 0.2) is 22.9 Å². The van der Waals surface area contributed by atoms with E-state index in [0.717, 1.165) is 36.6 Å². The van der Waals surface area contributed by atoms with E-state index in [4.69, 9.17) is 0 Å².